The molecule has 0 aromatic heterocycles. The summed E-state index contributed by atoms with van der Waals surface area (Å²) in [7, 11) is 0. The number of hydrogen-bond acceptors (Lipinski definition) is 1. The molecular formula is C12H27N. The standard InChI is InChI=1S/C12H27N/c1-10(8-12(3,4)5)6-7-11(2)9-13/h10-11H,6-9,13H2,1-5H3. The van der Waals surface area contributed by atoms with Crippen LogP contribution in [0.15, 0.2) is 0 Å². The van der Waals surface area contributed by atoms with Crippen molar-refractivity contribution in [3.8, 4) is 0 Å². The maximum atomic E-state index is 5.59. The van der Waals surface area contributed by atoms with Gasteiger partial charge in [0.15, 0.2) is 0 Å². The Morgan fingerprint density at radius 3 is 1.85 bits per heavy atom. The van der Waals surface area contributed by atoms with Crippen LogP contribution in [0.2, 0.25) is 0 Å². The van der Waals surface area contributed by atoms with E-state index in [1.165, 1.54) is 19.3 Å². The topological polar surface area (TPSA) is 26.0 Å². The van der Waals surface area contributed by atoms with E-state index in [0.29, 0.717) is 11.3 Å². The van der Waals surface area contributed by atoms with Crippen molar-refractivity contribution < 1.29 is 0 Å². The first-order valence-electron chi connectivity index (χ1n) is 5.55. The minimum Gasteiger partial charge on any atom is -0.330 e. The summed E-state index contributed by atoms with van der Waals surface area (Å²) in [5.41, 5.74) is 6.06. The van der Waals surface area contributed by atoms with Crippen LogP contribution in [-0.4, -0.2) is 6.54 Å². The van der Waals surface area contributed by atoms with E-state index in [-0.39, 0.29) is 0 Å². The van der Waals surface area contributed by atoms with Gasteiger partial charge in [-0.25, -0.2) is 0 Å². The second kappa shape index (κ2) is 5.64. The van der Waals surface area contributed by atoms with Gasteiger partial charge in [0.1, 0.15) is 0 Å². The molecule has 0 heterocycles. The largest absolute Gasteiger partial charge is 0.330 e. The Bertz CT molecular complexity index is 124. The third-order valence-electron chi connectivity index (χ3n) is 2.52. The van der Waals surface area contributed by atoms with Gasteiger partial charge in [0.2, 0.25) is 0 Å². The summed E-state index contributed by atoms with van der Waals surface area (Å²) >= 11 is 0. The minimum atomic E-state index is 0.478. The van der Waals surface area contributed by atoms with Crippen LogP contribution in [-0.2, 0) is 0 Å². The zero-order chi connectivity index (χ0) is 10.5. The van der Waals surface area contributed by atoms with Crippen molar-refractivity contribution in [2.45, 2.75) is 53.9 Å². The van der Waals surface area contributed by atoms with Gasteiger partial charge in [-0.2, -0.15) is 0 Å². The fraction of sp³-hybridized carbons (Fsp3) is 1.00. The molecule has 0 aliphatic carbocycles. The molecule has 0 aromatic rings. The summed E-state index contributed by atoms with van der Waals surface area (Å²) in [6.07, 6.45) is 3.94. The molecular weight excluding hydrogens is 158 g/mol. The highest BCUT2D eigenvalue weighted by Gasteiger charge is 2.15. The quantitative estimate of drug-likeness (QED) is 0.697. The molecule has 0 bridgehead atoms. The van der Waals surface area contributed by atoms with Gasteiger partial charge in [-0.05, 0) is 36.6 Å². The maximum Gasteiger partial charge on any atom is -0.00515 e. The van der Waals surface area contributed by atoms with Crippen molar-refractivity contribution >= 4 is 0 Å². The highest BCUT2D eigenvalue weighted by atomic mass is 14.5. The van der Waals surface area contributed by atoms with Gasteiger partial charge in [0.25, 0.3) is 0 Å². The average molecular weight is 185 g/mol. The van der Waals surface area contributed by atoms with Gasteiger partial charge in [0, 0.05) is 0 Å². The average Bonchev–Trinajstić information content (AvgIpc) is 1.97. The lowest BCUT2D eigenvalue weighted by atomic mass is 9.83. The predicted molar refractivity (Wildman–Crippen MR) is 60.7 cm³/mol. The summed E-state index contributed by atoms with van der Waals surface area (Å²) in [4.78, 5) is 0. The molecule has 80 valence electrons. The molecule has 13 heavy (non-hydrogen) atoms. The molecule has 0 amide bonds. The third kappa shape index (κ3) is 8.29. The summed E-state index contributed by atoms with van der Waals surface area (Å²) < 4.78 is 0. The first-order chi connectivity index (χ1) is 5.85. The van der Waals surface area contributed by atoms with Crippen molar-refractivity contribution in [1.82, 2.24) is 0 Å². The van der Waals surface area contributed by atoms with Crippen molar-refractivity contribution in [3.05, 3.63) is 0 Å². The van der Waals surface area contributed by atoms with Crippen molar-refractivity contribution in [3.63, 3.8) is 0 Å². The molecule has 0 aliphatic rings. The highest BCUT2D eigenvalue weighted by Crippen LogP contribution is 2.27. The third-order valence-corrected chi connectivity index (χ3v) is 2.52. The molecule has 0 radical (unpaired) electrons. The fourth-order valence-corrected chi connectivity index (χ4v) is 1.83. The Morgan fingerprint density at radius 2 is 1.46 bits per heavy atom. The normalized spacial score (nSPS) is 17.1. The Labute approximate surface area is 84.1 Å². The molecule has 2 atom stereocenters. The van der Waals surface area contributed by atoms with Crippen LogP contribution in [0.5, 0.6) is 0 Å². The lowest BCUT2D eigenvalue weighted by Crippen LogP contribution is -2.14. The molecule has 0 aliphatic heterocycles. The van der Waals surface area contributed by atoms with Gasteiger partial charge >= 0.3 is 0 Å². The first-order valence-corrected chi connectivity index (χ1v) is 5.55. The van der Waals surface area contributed by atoms with Gasteiger partial charge in [0.05, 0.1) is 0 Å². The number of nitrogens with two attached hydrogens (primary N) is 1. The molecule has 1 nitrogen and oxygen atoms in total. The smallest absolute Gasteiger partial charge is 0.00515 e. The first kappa shape index (κ1) is 13.0. The van der Waals surface area contributed by atoms with Crippen LogP contribution in [0, 0.1) is 17.3 Å². The van der Waals surface area contributed by atoms with E-state index in [4.69, 9.17) is 5.73 Å². The second-order valence-electron chi connectivity index (χ2n) is 5.79. The molecule has 0 aromatic carbocycles. The van der Waals surface area contributed by atoms with E-state index in [1.54, 1.807) is 0 Å². The Hall–Kier alpha value is -0.0400. The van der Waals surface area contributed by atoms with Crippen molar-refractivity contribution in [2.24, 2.45) is 23.0 Å². The number of rotatable bonds is 5. The Balaban J connectivity index is 3.57. The molecule has 0 saturated carbocycles. The van der Waals surface area contributed by atoms with Gasteiger partial charge < -0.3 is 5.73 Å². The van der Waals surface area contributed by atoms with Crippen LogP contribution in [0.1, 0.15) is 53.9 Å². The Kier molecular flexibility index (Phi) is 5.62. The van der Waals surface area contributed by atoms with Gasteiger partial charge in [-0.1, -0.05) is 41.0 Å². The lowest BCUT2D eigenvalue weighted by Gasteiger charge is -2.23. The minimum absolute atomic E-state index is 0.478. The molecule has 0 fully saturated rings. The Morgan fingerprint density at radius 1 is 1.00 bits per heavy atom. The van der Waals surface area contributed by atoms with Crippen LogP contribution in [0.3, 0.4) is 0 Å². The van der Waals surface area contributed by atoms with E-state index >= 15 is 0 Å². The molecule has 0 saturated heterocycles. The van der Waals surface area contributed by atoms with E-state index < -0.39 is 0 Å². The van der Waals surface area contributed by atoms with Crippen LogP contribution in [0.4, 0.5) is 0 Å². The highest BCUT2D eigenvalue weighted by molar-refractivity contribution is 4.67. The van der Waals surface area contributed by atoms with Crippen molar-refractivity contribution in [1.29, 1.82) is 0 Å². The lowest BCUT2D eigenvalue weighted by molar-refractivity contribution is 0.284. The van der Waals surface area contributed by atoms with E-state index in [0.717, 1.165) is 12.5 Å². The van der Waals surface area contributed by atoms with Crippen LogP contribution in [0.25, 0.3) is 0 Å². The van der Waals surface area contributed by atoms with Gasteiger partial charge in [-0.15, -0.1) is 0 Å². The van der Waals surface area contributed by atoms with Crippen LogP contribution >= 0.6 is 0 Å². The molecule has 1 heteroatoms. The monoisotopic (exact) mass is 185 g/mol. The van der Waals surface area contributed by atoms with E-state index in [1.807, 2.05) is 0 Å². The maximum absolute atomic E-state index is 5.59. The summed E-state index contributed by atoms with van der Waals surface area (Å²) in [6, 6.07) is 0. The molecule has 2 N–H and O–H groups in total. The predicted octanol–water partition coefficient (Wildman–Crippen LogP) is 3.43. The zero-order valence-corrected chi connectivity index (χ0v) is 10.1. The van der Waals surface area contributed by atoms with Gasteiger partial charge in [-0.3, -0.25) is 0 Å². The van der Waals surface area contributed by atoms with Crippen LogP contribution < -0.4 is 5.73 Å². The van der Waals surface area contributed by atoms with Crippen molar-refractivity contribution in [2.75, 3.05) is 6.54 Å². The molecule has 0 spiro atoms. The summed E-state index contributed by atoms with van der Waals surface area (Å²) in [5.74, 6) is 1.54. The fourth-order valence-electron chi connectivity index (χ4n) is 1.83. The summed E-state index contributed by atoms with van der Waals surface area (Å²) in [6.45, 7) is 12.4. The summed E-state index contributed by atoms with van der Waals surface area (Å²) in [5, 5.41) is 0. The van der Waals surface area contributed by atoms with E-state index in [9.17, 15) is 0 Å². The zero-order valence-electron chi connectivity index (χ0n) is 10.1. The number of hydrogen-bond donors (Lipinski definition) is 1. The molecule has 2 unspecified atom stereocenters. The second-order valence-corrected chi connectivity index (χ2v) is 5.79. The van der Waals surface area contributed by atoms with E-state index in [2.05, 4.69) is 34.6 Å². The SMILES string of the molecule is CC(CN)CCC(C)CC(C)(C)C. The molecule has 0 rings (SSSR count).